The smallest absolute Gasteiger partial charge is 0.265 e. The summed E-state index contributed by atoms with van der Waals surface area (Å²) in [6, 6.07) is 3.66. The minimum Gasteiger partial charge on any atom is -0.373 e. The number of pyridine rings is 1. The van der Waals surface area contributed by atoms with Gasteiger partial charge in [0.2, 0.25) is 0 Å². The van der Waals surface area contributed by atoms with Gasteiger partial charge in [0.05, 0.1) is 0 Å². The SMILES string of the molecule is CNc1cc(C(=O)NN2CCN(C)CC2)cc(C(C)C)n1. The van der Waals surface area contributed by atoms with Crippen LogP contribution in [0, 0.1) is 0 Å². The number of amides is 1. The summed E-state index contributed by atoms with van der Waals surface area (Å²) in [5.74, 6) is 0.943. The van der Waals surface area contributed by atoms with Crippen molar-refractivity contribution in [3.05, 3.63) is 23.4 Å². The van der Waals surface area contributed by atoms with Crippen LogP contribution in [0.25, 0.3) is 0 Å². The molecule has 0 saturated carbocycles. The molecule has 116 valence electrons. The molecule has 0 aliphatic carbocycles. The normalized spacial score (nSPS) is 17.0. The number of likely N-dealkylation sites (N-methyl/N-ethyl adjacent to an activating group) is 1. The molecule has 1 aliphatic rings. The van der Waals surface area contributed by atoms with Gasteiger partial charge in [0.15, 0.2) is 0 Å². The first-order chi connectivity index (χ1) is 9.99. The van der Waals surface area contributed by atoms with Crippen LogP contribution in [0.1, 0.15) is 35.8 Å². The number of aromatic nitrogens is 1. The molecule has 6 heteroatoms. The Labute approximate surface area is 126 Å². The van der Waals surface area contributed by atoms with Gasteiger partial charge < -0.3 is 10.2 Å². The molecule has 0 unspecified atom stereocenters. The fraction of sp³-hybridized carbons (Fsp3) is 0.600. The van der Waals surface area contributed by atoms with Crippen molar-refractivity contribution in [2.45, 2.75) is 19.8 Å². The summed E-state index contributed by atoms with van der Waals surface area (Å²) < 4.78 is 0. The molecule has 1 amide bonds. The molecule has 0 bridgehead atoms. The zero-order valence-corrected chi connectivity index (χ0v) is 13.3. The van der Waals surface area contributed by atoms with Gasteiger partial charge in [-0.1, -0.05) is 13.8 Å². The van der Waals surface area contributed by atoms with Gasteiger partial charge in [-0.3, -0.25) is 10.2 Å². The standard InChI is InChI=1S/C15H25N5O/c1-11(2)13-9-12(10-14(16-3)17-13)15(21)18-20-7-5-19(4)6-8-20/h9-11H,5-8H2,1-4H3,(H,16,17)(H,18,21). The predicted octanol–water partition coefficient (Wildman–Crippen LogP) is 1.14. The molecule has 2 heterocycles. The first-order valence-electron chi connectivity index (χ1n) is 7.44. The molecule has 1 saturated heterocycles. The quantitative estimate of drug-likeness (QED) is 0.871. The third-order valence-electron chi connectivity index (χ3n) is 3.72. The maximum absolute atomic E-state index is 12.4. The molecule has 21 heavy (non-hydrogen) atoms. The highest BCUT2D eigenvalue weighted by Crippen LogP contribution is 2.17. The van der Waals surface area contributed by atoms with Crippen molar-refractivity contribution in [2.24, 2.45) is 0 Å². The van der Waals surface area contributed by atoms with Crippen LogP contribution in [0.5, 0.6) is 0 Å². The molecular formula is C15H25N5O. The van der Waals surface area contributed by atoms with Crippen molar-refractivity contribution in [3.63, 3.8) is 0 Å². The van der Waals surface area contributed by atoms with E-state index >= 15 is 0 Å². The fourth-order valence-corrected chi connectivity index (χ4v) is 2.23. The molecule has 0 spiro atoms. The molecule has 1 aromatic heterocycles. The highest BCUT2D eigenvalue weighted by Gasteiger charge is 2.18. The lowest BCUT2D eigenvalue weighted by Gasteiger charge is -2.32. The van der Waals surface area contributed by atoms with Crippen LogP contribution in [-0.2, 0) is 0 Å². The van der Waals surface area contributed by atoms with Gasteiger partial charge in [-0.2, -0.15) is 0 Å². The average molecular weight is 291 g/mol. The van der Waals surface area contributed by atoms with E-state index in [1.807, 2.05) is 18.1 Å². The van der Waals surface area contributed by atoms with Crippen LogP contribution in [0.15, 0.2) is 12.1 Å². The molecule has 1 fully saturated rings. The molecule has 1 aromatic rings. The Morgan fingerprint density at radius 1 is 1.24 bits per heavy atom. The van der Waals surface area contributed by atoms with Crippen molar-refractivity contribution < 1.29 is 4.79 Å². The average Bonchev–Trinajstić information content (AvgIpc) is 2.49. The first-order valence-corrected chi connectivity index (χ1v) is 7.44. The van der Waals surface area contributed by atoms with E-state index < -0.39 is 0 Å². The van der Waals surface area contributed by atoms with Gasteiger partial charge in [0.1, 0.15) is 5.82 Å². The minimum absolute atomic E-state index is 0.0691. The Kier molecular flexibility index (Phi) is 5.14. The maximum atomic E-state index is 12.4. The van der Waals surface area contributed by atoms with Gasteiger partial charge in [-0.05, 0) is 25.1 Å². The van der Waals surface area contributed by atoms with Gasteiger partial charge in [-0.15, -0.1) is 0 Å². The Balaban J connectivity index is 2.09. The summed E-state index contributed by atoms with van der Waals surface area (Å²) >= 11 is 0. The second-order valence-corrected chi connectivity index (χ2v) is 5.80. The Hall–Kier alpha value is -1.66. The lowest BCUT2D eigenvalue weighted by Crippen LogP contribution is -2.52. The molecule has 0 atom stereocenters. The van der Waals surface area contributed by atoms with Crippen LogP contribution >= 0.6 is 0 Å². The maximum Gasteiger partial charge on any atom is 0.265 e. The number of hydrogen-bond donors (Lipinski definition) is 2. The monoisotopic (exact) mass is 291 g/mol. The number of anilines is 1. The molecule has 0 aromatic carbocycles. The lowest BCUT2D eigenvalue weighted by molar-refractivity contribution is 0.0662. The van der Waals surface area contributed by atoms with Crippen molar-refractivity contribution in [2.75, 3.05) is 45.6 Å². The van der Waals surface area contributed by atoms with Gasteiger partial charge in [0.25, 0.3) is 5.91 Å². The van der Waals surface area contributed by atoms with E-state index in [0.29, 0.717) is 5.56 Å². The van der Waals surface area contributed by atoms with Crippen LogP contribution in [0.3, 0.4) is 0 Å². The zero-order valence-electron chi connectivity index (χ0n) is 13.3. The van der Waals surface area contributed by atoms with E-state index in [9.17, 15) is 4.79 Å². The van der Waals surface area contributed by atoms with E-state index in [1.54, 1.807) is 6.07 Å². The van der Waals surface area contributed by atoms with Gasteiger partial charge in [0, 0.05) is 44.5 Å². The Bertz CT molecular complexity index is 495. The van der Waals surface area contributed by atoms with Gasteiger partial charge >= 0.3 is 0 Å². The van der Waals surface area contributed by atoms with Crippen molar-refractivity contribution >= 4 is 11.7 Å². The van der Waals surface area contributed by atoms with Crippen molar-refractivity contribution in [3.8, 4) is 0 Å². The third-order valence-corrected chi connectivity index (χ3v) is 3.72. The summed E-state index contributed by atoms with van der Waals surface area (Å²) in [7, 11) is 3.91. The number of carbonyl (C=O) groups excluding carboxylic acids is 1. The second-order valence-electron chi connectivity index (χ2n) is 5.80. The van der Waals surface area contributed by atoms with Crippen LogP contribution in [0.2, 0.25) is 0 Å². The van der Waals surface area contributed by atoms with Gasteiger partial charge in [-0.25, -0.2) is 9.99 Å². The topological polar surface area (TPSA) is 60.5 Å². The predicted molar refractivity (Wildman–Crippen MR) is 84.4 cm³/mol. The Morgan fingerprint density at radius 3 is 2.48 bits per heavy atom. The molecule has 6 nitrogen and oxygen atoms in total. The Morgan fingerprint density at radius 2 is 1.90 bits per heavy atom. The van der Waals surface area contributed by atoms with Crippen LogP contribution in [-0.4, -0.2) is 61.1 Å². The largest absolute Gasteiger partial charge is 0.373 e. The van der Waals surface area contributed by atoms with E-state index in [2.05, 4.69) is 41.5 Å². The zero-order chi connectivity index (χ0) is 15.4. The lowest BCUT2D eigenvalue weighted by atomic mass is 10.1. The van der Waals surface area contributed by atoms with Crippen molar-refractivity contribution in [1.82, 2.24) is 20.3 Å². The summed E-state index contributed by atoms with van der Waals surface area (Å²) in [6.45, 7) is 7.78. The number of nitrogens with zero attached hydrogens (tertiary/aromatic N) is 3. The number of rotatable bonds is 4. The number of hydrogen-bond acceptors (Lipinski definition) is 5. The fourth-order valence-electron chi connectivity index (χ4n) is 2.23. The molecule has 2 rings (SSSR count). The second kappa shape index (κ2) is 6.87. The number of hydrazine groups is 1. The molecule has 0 radical (unpaired) electrons. The summed E-state index contributed by atoms with van der Waals surface area (Å²) in [5, 5.41) is 5.00. The summed E-state index contributed by atoms with van der Waals surface area (Å²) in [6.07, 6.45) is 0. The highest BCUT2D eigenvalue weighted by atomic mass is 16.2. The third kappa shape index (κ3) is 4.15. The molecule has 2 N–H and O–H groups in total. The van der Waals surface area contributed by atoms with E-state index in [0.717, 1.165) is 37.7 Å². The van der Waals surface area contributed by atoms with Crippen LogP contribution < -0.4 is 10.7 Å². The summed E-state index contributed by atoms with van der Waals surface area (Å²) in [5.41, 5.74) is 4.56. The first kappa shape index (κ1) is 15.7. The van der Waals surface area contributed by atoms with Crippen molar-refractivity contribution in [1.29, 1.82) is 0 Å². The number of nitrogens with one attached hydrogen (secondary N) is 2. The number of piperazine rings is 1. The number of carbonyl (C=O) groups is 1. The van der Waals surface area contributed by atoms with E-state index in [1.165, 1.54) is 0 Å². The minimum atomic E-state index is -0.0691. The highest BCUT2D eigenvalue weighted by molar-refractivity contribution is 5.94. The van der Waals surface area contributed by atoms with E-state index in [4.69, 9.17) is 0 Å². The van der Waals surface area contributed by atoms with Crippen LogP contribution in [0.4, 0.5) is 5.82 Å². The molecular weight excluding hydrogens is 266 g/mol. The molecule has 1 aliphatic heterocycles. The summed E-state index contributed by atoms with van der Waals surface area (Å²) in [4.78, 5) is 19.1. The van der Waals surface area contributed by atoms with E-state index in [-0.39, 0.29) is 11.8 Å².